The van der Waals surface area contributed by atoms with E-state index in [9.17, 15) is 4.79 Å². The highest BCUT2D eigenvalue weighted by Crippen LogP contribution is 2.28. The number of hydrogen-bond acceptors (Lipinski definition) is 3. The SMILES string of the molecule is COc1ccc(OC)c(NC(=O)N[n+]2ccccc2)c1. The second kappa shape index (κ2) is 6.42. The molecule has 0 bridgehead atoms. The molecule has 6 heteroatoms. The van der Waals surface area contributed by atoms with E-state index in [1.54, 1.807) is 42.4 Å². The van der Waals surface area contributed by atoms with Crippen molar-refractivity contribution in [3.63, 3.8) is 0 Å². The third-order valence-electron chi connectivity index (χ3n) is 2.60. The lowest BCUT2D eigenvalue weighted by atomic mass is 10.2. The molecule has 0 atom stereocenters. The van der Waals surface area contributed by atoms with Crippen LogP contribution in [-0.4, -0.2) is 20.3 Å². The molecule has 0 fully saturated rings. The van der Waals surface area contributed by atoms with Gasteiger partial charge in [-0.15, -0.1) is 5.43 Å². The van der Waals surface area contributed by atoms with Gasteiger partial charge in [0, 0.05) is 18.2 Å². The van der Waals surface area contributed by atoms with E-state index in [1.807, 2.05) is 18.2 Å². The Kier molecular flexibility index (Phi) is 4.39. The largest absolute Gasteiger partial charge is 0.497 e. The van der Waals surface area contributed by atoms with Crippen LogP contribution >= 0.6 is 0 Å². The van der Waals surface area contributed by atoms with Gasteiger partial charge in [0.15, 0.2) is 12.4 Å². The molecule has 104 valence electrons. The standard InChI is InChI=1S/C14H15N3O3/c1-19-11-6-7-13(20-2)12(10-11)15-14(18)16-17-8-4-3-5-9-17/h3-10H,1-2H3,(H-,15,16,18)/p+1. The van der Waals surface area contributed by atoms with Crippen molar-refractivity contribution in [3.8, 4) is 11.5 Å². The second-order valence-electron chi connectivity index (χ2n) is 3.91. The predicted octanol–water partition coefficient (Wildman–Crippen LogP) is 1.77. The number of anilines is 1. The molecule has 0 aliphatic heterocycles. The molecule has 1 heterocycles. The number of nitrogens with zero attached hydrogens (tertiary/aromatic N) is 1. The monoisotopic (exact) mass is 274 g/mol. The maximum Gasteiger partial charge on any atom is 0.372 e. The lowest BCUT2D eigenvalue weighted by Gasteiger charge is -2.10. The number of carbonyl (C=O) groups is 1. The van der Waals surface area contributed by atoms with E-state index in [0.717, 1.165) is 0 Å². The van der Waals surface area contributed by atoms with Crippen molar-refractivity contribution in [3.05, 3.63) is 48.8 Å². The number of nitrogens with one attached hydrogen (secondary N) is 2. The fourth-order valence-electron chi connectivity index (χ4n) is 1.65. The van der Waals surface area contributed by atoms with Gasteiger partial charge in [-0.1, -0.05) is 10.7 Å². The number of carbonyl (C=O) groups excluding carboxylic acids is 1. The fourth-order valence-corrected chi connectivity index (χ4v) is 1.65. The maximum absolute atomic E-state index is 11.9. The summed E-state index contributed by atoms with van der Waals surface area (Å²) < 4.78 is 11.9. The zero-order chi connectivity index (χ0) is 14.4. The molecular formula is C14H16N3O3+. The normalized spacial score (nSPS) is 9.70. The zero-order valence-electron chi connectivity index (χ0n) is 11.3. The van der Waals surface area contributed by atoms with Crippen LogP contribution in [0, 0.1) is 0 Å². The van der Waals surface area contributed by atoms with Gasteiger partial charge < -0.3 is 14.8 Å². The Morgan fingerprint density at radius 1 is 1.10 bits per heavy atom. The Morgan fingerprint density at radius 2 is 1.85 bits per heavy atom. The molecule has 6 nitrogen and oxygen atoms in total. The molecular weight excluding hydrogens is 258 g/mol. The first-order valence-electron chi connectivity index (χ1n) is 5.99. The summed E-state index contributed by atoms with van der Waals surface area (Å²) in [6.45, 7) is 0. The van der Waals surface area contributed by atoms with Gasteiger partial charge in [-0.25, -0.2) is 4.79 Å². The Labute approximate surface area is 116 Å². The number of hydrogen-bond donors (Lipinski definition) is 2. The Morgan fingerprint density at radius 3 is 2.50 bits per heavy atom. The molecule has 0 aliphatic rings. The number of rotatable bonds is 4. The van der Waals surface area contributed by atoms with E-state index in [1.165, 1.54) is 7.11 Å². The second-order valence-corrected chi connectivity index (χ2v) is 3.91. The van der Waals surface area contributed by atoms with E-state index in [0.29, 0.717) is 17.2 Å². The highest BCUT2D eigenvalue weighted by molar-refractivity contribution is 5.95. The van der Waals surface area contributed by atoms with Crippen molar-refractivity contribution in [2.45, 2.75) is 0 Å². The number of methoxy groups -OCH3 is 2. The fraction of sp³-hybridized carbons (Fsp3) is 0.143. The van der Waals surface area contributed by atoms with E-state index >= 15 is 0 Å². The zero-order valence-corrected chi connectivity index (χ0v) is 11.3. The van der Waals surface area contributed by atoms with Crippen LogP contribution in [0.1, 0.15) is 0 Å². The number of urea groups is 1. The van der Waals surface area contributed by atoms with Gasteiger partial charge in [0.2, 0.25) is 0 Å². The Balaban J connectivity index is 2.10. The quantitative estimate of drug-likeness (QED) is 0.835. The van der Waals surface area contributed by atoms with Crippen LogP contribution in [0.15, 0.2) is 48.8 Å². The van der Waals surface area contributed by atoms with E-state index < -0.39 is 0 Å². The topological polar surface area (TPSA) is 63.5 Å². The van der Waals surface area contributed by atoms with Gasteiger partial charge in [0.05, 0.1) is 19.9 Å². The first-order chi connectivity index (χ1) is 9.72. The van der Waals surface area contributed by atoms with Crippen molar-refractivity contribution in [2.24, 2.45) is 0 Å². The van der Waals surface area contributed by atoms with Crippen molar-refractivity contribution in [2.75, 3.05) is 25.0 Å². The van der Waals surface area contributed by atoms with Crippen LogP contribution < -0.4 is 24.9 Å². The number of aromatic nitrogens is 1. The molecule has 2 amide bonds. The average Bonchev–Trinajstić information content (AvgIpc) is 2.48. The molecule has 0 saturated heterocycles. The molecule has 20 heavy (non-hydrogen) atoms. The summed E-state index contributed by atoms with van der Waals surface area (Å²) in [6.07, 6.45) is 3.45. The highest BCUT2D eigenvalue weighted by atomic mass is 16.5. The summed E-state index contributed by atoms with van der Waals surface area (Å²) in [6, 6.07) is 10.3. The molecule has 0 spiro atoms. The number of ether oxygens (including phenoxy) is 2. The van der Waals surface area contributed by atoms with Crippen molar-refractivity contribution < 1.29 is 18.9 Å². The summed E-state index contributed by atoms with van der Waals surface area (Å²) in [5, 5.41) is 2.71. The summed E-state index contributed by atoms with van der Waals surface area (Å²) >= 11 is 0. The molecule has 2 N–H and O–H groups in total. The average molecular weight is 274 g/mol. The summed E-state index contributed by atoms with van der Waals surface area (Å²) in [5.74, 6) is 1.19. The van der Waals surface area contributed by atoms with Crippen LogP contribution in [0.2, 0.25) is 0 Å². The summed E-state index contributed by atoms with van der Waals surface area (Å²) in [5.41, 5.74) is 3.18. The van der Waals surface area contributed by atoms with Gasteiger partial charge in [0.25, 0.3) is 0 Å². The van der Waals surface area contributed by atoms with Gasteiger partial charge in [-0.2, -0.15) is 0 Å². The molecule has 0 aliphatic carbocycles. The summed E-state index contributed by atoms with van der Waals surface area (Å²) in [4.78, 5) is 11.9. The van der Waals surface area contributed by atoms with Gasteiger partial charge >= 0.3 is 6.03 Å². The summed E-state index contributed by atoms with van der Waals surface area (Å²) in [7, 11) is 3.10. The van der Waals surface area contributed by atoms with Gasteiger partial charge in [0.1, 0.15) is 11.5 Å². The maximum atomic E-state index is 11.9. The van der Waals surface area contributed by atoms with Crippen LogP contribution in [0.5, 0.6) is 11.5 Å². The van der Waals surface area contributed by atoms with Crippen molar-refractivity contribution in [1.29, 1.82) is 0 Å². The van der Waals surface area contributed by atoms with Crippen molar-refractivity contribution >= 4 is 11.7 Å². The van der Waals surface area contributed by atoms with Crippen LogP contribution in [0.3, 0.4) is 0 Å². The predicted molar refractivity (Wildman–Crippen MR) is 74.6 cm³/mol. The van der Waals surface area contributed by atoms with Crippen molar-refractivity contribution in [1.82, 2.24) is 0 Å². The number of benzene rings is 1. The number of pyridine rings is 1. The molecule has 0 radical (unpaired) electrons. The molecule has 0 unspecified atom stereocenters. The Bertz CT molecular complexity index is 587. The van der Waals surface area contributed by atoms with Gasteiger partial charge in [-0.05, 0) is 12.1 Å². The highest BCUT2D eigenvalue weighted by Gasteiger charge is 2.11. The lowest BCUT2D eigenvalue weighted by Crippen LogP contribution is -2.49. The first kappa shape index (κ1) is 13.7. The third-order valence-corrected chi connectivity index (χ3v) is 2.60. The Hall–Kier alpha value is -2.76. The molecule has 0 saturated carbocycles. The minimum absolute atomic E-state index is 0.382. The molecule has 1 aromatic carbocycles. The molecule has 2 aromatic rings. The number of amides is 2. The smallest absolute Gasteiger partial charge is 0.372 e. The van der Waals surface area contributed by atoms with Gasteiger partial charge in [-0.3, -0.25) is 0 Å². The van der Waals surface area contributed by atoms with E-state index in [-0.39, 0.29) is 6.03 Å². The van der Waals surface area contributed by atoms with Crippen LogP contribution in [0.25, 0.3) is 0 Å². The van der Waals surface area contributed by atoms with Crippen LogP contribution in [0.4, 0.5) is 10.5 Å². The molecule has 1 aromatic heterocycles. The van der Waals surface area contributed by atoms with E-state index in [4.69, 9.17) is 9.47 Å². The molecule has 2 rings (SSSR count). The minimum Gasteiger partial charge on any atom is -0.497 e. The lowest BCUT2D eigenvalue weighted by molar-refractivity contribution is -0.641. The third kappa shape index (κ3) is 3.38. The van der Waals surface area contributed by atoms with E-state index in [2.05, 4.69) is 10.7 Å². The minimum atomic E-state index is -0.382. The van der Waals surface area contributed by atoms with Crippen LogP contribution in [-0.2, 0) is 0 Å². The first-order valence-corrected chi connectivity index (χ1v) is 5.99.